The van der Waals surface area contributed by atoms with Crippen LogP contribution in [0.3, 0.4) is 0 Å². The standard InChI is InChI=1S/C13H8FIN4O/c14-10-5-8(15)1-2-11(10)18-12-6-16-4-3-9(12)13-17-7-20-19-13/h1-7,18H. The number of pyridine rings is 1. The molecule has 0 fully saturated rings. The summed E-state index contributed by atoms with van der Waals surface area (Å²) in [6.45, 7) is 0. The van der Waals surface area contributed by atoms with Gasteiger partial charge in [0.15, 0.2) is 0 Å². The third kappa shape index (κ3) is 2.62. The molecule has 1 N–H and O–H groups in total. The van der Waals surface area contributed by atoms with E-state index in [9.17, 15) is 4.39 Å². The third-order valence-electron chi connectivity index (χ3n) is 2.62. The highest BCUT2D eigenvalue weighted by molar-refractivity contribution is 14.1. The number of rotatable bonds is 3. The van der Waals surface area contributed by atoms with E-state index in [2.05, 4.69) is 43.0 Å². The topological polar surface area (TPSA) is 63.8 Å². The van der Waals surface area contributed by atoms with Crippen LogP contribution in [0.1, 0.15) is 0 Å². The lowest BCUT2D eigenvalue weighted by Crippen LogP contribution is -1.97. The molecule has 7 heteroatoms. The second kappa shape index (κ2) is 5.53. The number of nitrogens with zero attached hydrogens (tertiary/aromatic N) is 3. The van der Waals surface area contributed by atoms with E-state index in [1.165, 1.54) is 12.5 Å². The van der Waals surface area contributed by atoms with Crippen LogP contribution in [0.2, 0.25) is 0 Å². The number of benzene rings is 1. The van der Waals surface area contributed by atoms with E-state index in [0.717, 1.165) is 3.57 Å². The minimum absolute atomic E-state index is 0.334. The smallest absolute Gasteiger partial charge is 0.214 e. The van der Waals surface area contributed by atoms with Gasteiger partial charge in [0, 0.05) is 15.3 Å². The predicted molar refractivity (Wildman–Crippen MR) is 79.9 cm³/mol. The largest absolute Gasteiger partial charge is 0.351 e. The third-order valence-corrected chi connectivity index (χ3v) is 3.29. The molecule has 0 saturated carbocycles. The van der Waals surface area contributed by atoms with Crippen LogP contribution in [0.25, 0.3) is 11.4 Å². The highest BCUT2D eigenvalue weighted by Crippen LogP contribution is 2.28. The van der Waals surface area contributed by atoms with Crippen molar-refractivity contribution in [1.82, 2.24) is 15.1 Å². The minimum atomic E-state index is -0.334. The Hall–Kier alpha value is -2.03. The van der Waals surface area contributed by atoms with Crippen LogP contribution in [0, 0.1) is 9.39 Å². The molecule has 2 aromatic heterocycles. The number of hydrogen-bond acceptors (Lipinski definition) is 5. The number of anilines is 2. The summed E-state index contributed by atoms with van der Waals surface area (Å²) in [7, 11) is 0. The first-order chi connectivity index (χ1) is 9.74. The van der Waals surface area contributed by atoms with Gasteiger partial charge in [-0.25, -0.2) is 4.39 Å². The van der Waals surface area contributed by atoms with Crippen molar-refractivity contribution in [3.05, 3.63) is 52.4 Å². The fourth-order valence-corrected chi connectivity index (χ4v) is 2.17. The maximum atomic E-state index is 13.9. The first-order valence-electron chi connectivity index (χ1n) is 5.67. The predicted octanol–water partition coefficient (Wildman–Crippen LogP) is 3.62. The van der Waals surface area contributed by atoms with Crippen molar-refractivity contribution in [1.29, 1.82) is 0 Å². The molecule has 0 bridgehead atoms. The fourth-order valence-electron chi connectivity index (χ4n) is 1.71. The summed E-state index contributed by atoms with van der Waals surface area (Å²) in [5.41, 5.74) is 1.66. The average molecular weight is 382 g/mol. The van der Waals surface area contributed by atoms with Crippen LogP contribution in [0.15, 0.2) is 47.6 Å². The SMILES string of the molecule is Fc1cc(I)ccc1Nc1cnccc1-c1ncon1. The Morgan fingerprint density at radius 1 is 1.20 bits per heavy atom. The first kappa shape index (κ1) is 13.0. The molecule has 0 aliphatic rings. The molecule has 0 aliphatic heterocycles. The van der Waals surface area contributed by atoms with Gasteiger partial charge in [0.2, 0.25) is 12.2 Å². The van der Waals surface area contributed by atoms with Crippen LogP contribution in [-0.4, -0.2) is 15.1 Å². The summed E-state index contributed by atoms with van der Waals surface area (Å²) in [5, 5.41) is 6.77. The molecule has 2 heterocycles. The summed E-state index contributed by atoms with van der Waals surface area (Å²) in [4.78, 5) is 8.01. The minimum Gasteiger partial charge on any atom is -0.351 e. The molecule has 0 radical (unpaired) electrons. The van der Waals surface area contributed by atoms with E-state index in [1.54, 1.807) is 24.5 Å². The van der Waals surface area contributed by atoms with Gasteiger partial charge in [0.25, 0.3) is 0 Å². The van der Waals surface area contributed by atoms with E-state index >= 15 is 0 Å². The van der Waals surface area contributed by atoms with Crippen molar-refractivity contribution < 1.29 is 8.91 Å². The zero-order chi connectivity index (χ0) is 13.9. The average Bonchev–Trinajstić information content (AvgIpc) is 2.96. The number of halogens is 2. The number of hydrogen-bond donors (Lipinski definition) is 1. The lowest BCUT2D eigenvalue weighted by atomic mass is 10.2. The van der Waals surface area contributed by atoms with E-state index in [-0.39, 0.29) is 5.82 Å². The first-order valence-corrected chi connectivity index (χ1v) is 6.75. The molecule has 3 rings (SSSR count). The summed E-state index contributed by atoms with van der Waals surface area (Å²) in [6, 6.07) is 6.67. The molecule has 100 valence electrons. The van der Waals surface area contributed by atoms with Gasteiger partial charge >= 0.3 is 0 Å². The molecule has 0 amide bonds. The second-order valence-corrected chi connectivity index (χ2v) is 5.17. The summed E-state index contributed by atoms with van der Waals surface area (Å²) in [5.74, 6) is 0.0839. The van der Waals surface area contributed by atoms with E-state index in [4.69, 9.17) is 4.52 Å². The van der Waals surface area contributed by atoms with Crippen LogP contribution in [0.5, 0.6) is 0 Å². The normalized spacial score (nSPS) is 10.5. The molecular weight excluding hydrogens is 374 g/mol. The number of nitrogens with one attached hydrogen (secondary N) is 1. The lowest BCUT2D eigenvalue weighted by molar-refractivity contribution is 0.419. The van der Waals surface area contributed by atoms with E-state index < -0.39 is 0 Å². The lowest BCUT2D eigenvalue weighted by Gasteiger charge is -2.10. The Balaban J connectivity index is 1.99. The Morgan fingerprint density at radius 2 is 2.10 bits per heavy atom. The van der Waals surface area contributed by atoms with Crippen molar-refractivity contribution in [2.24, 2.45) is 0 Å². The number of aromatic nitrogens is 3. The Bertz CT molecular complexity index is 733. The fraction of sp³-hybridized carbons (Fsp3) is 0. The van der Waals surface area contributed by atoms with Gasteiger partial charge in [0.1, 0.15) is 5.82 Å². The van der Waals surface area contributed by atoms with Crippen LogP contribution >= 0.6 is 22.6 Å². The quantitative estimate of drug-likeness (QED) is 0.702. The zero-order valence-corrected chi connectivity index (χ0v) is 12.2. The Kier molecular flexibility index (Phi) is 3.59. The van der Waals surface area contributed by atoms with Gasteiger partial charge in [-0.05, 0) is 46.9 Å². The van der Waals surface area contributed by atoms with Crippen LogP contribution < -0.4 is 5.32 Å². The van der Waals surface area contributed by atoms with Crippen LogP contribution in [-0.2, 0) is 0 Å². The molecule has 0 saturated heterocycles. The molecule has 20 heavy (non-hydrogen) atoms. The van der Waals surface area contributed by atoms with Gasteiger partial charge in [-0.15, -0.1) is 0 Å². The second-order valence-electron chi connectivity index (χ2n) is 3.93. The summed E-state index contributed by atoms with van der Waals surface area (Å²) < 4.78 is 19.4. The molecule has 0 spiro atoms. The van der Waals surface area contributed by atoms with Gasteiger partial charge in [-0.3, -0.25) is 4.98 Å². The molecule has 1 aromatic carbocycles. The van der Waals surface area contributed by atoms with Crippen molar-refractivity contribution in [2.45, 2.75) is 0 Å². The van der Waals surface area contributed by atoms with Crippen molar-refractivity contribution in [2.75, 3.05) is 5.32 Å². The van der Waals surface area contributed by atoms with Crippen molar-refractivity contribution in [3.63, 3.8) is 0 Å². The Morgan fingerprint density at radius 3 is 2.85 bits per heavy atom. The molecule has 3 aromatic rings. The molecule has 0 aliphatic carbocycles. The monoisotopic (exact) mass is 382 g/mol. The summed E-state index contributed by atoms with van der Waals surface area (Å²) >= 11 is 2.06. The Labute approximate surface area is 127 Å². The highest BCUT2D eigenvalue weighted by atomic mass is 127. The molecule has 5 nitrogen and oxygen atoms in total. The molecular formula is C13H8FIN4O. The van der Waals surface area contributed by atoms with Gasteiger partial charge in [-0.2, -0.15) is 4.98 Å². The summed E-state index contributed by atoms with van der Waals surface area (Å²) in [6.07, 6.45) is 4.44. The maximum Gasteiger partial charge on any atom is 0.214 e. The zero-order valence-electron chi connectivity index (χ0n) is 10.0. The van der Waals surface area contributed by atoms with Gasteiger partial charge in [0.05, 0.1) is 17.6 Å². The van der Waals surface area contributed by atoms with Gasteiger partial charge in [-0.1, -0.05) is 5.16 Å². The van der Waals surface area contributed by atoms with Crippen LogP contribution in [0.4, 0.5) is 15.8 Å². The molecule has 0 unspecified atom stereocenters. The van der Waals surface area contributed by atoms with Gasteiger partial charge < -0.3 is 9.84 Å². The van der Waals surface area contributed by atoms with E-state index in [0.29, 0.717) is 22.8 Å². The maximum absolute atomic E-state index is 13.9. The molecule has 0 atom stereocenters. The van der Waals surface area contributed by atoms with Crippen molar-refractivity contribution in [3.8, 4) is 11.4 Å². The van der Waals surface area contributed by atoms with E-state index in [1.807, 2.05) is 6.07 Å². The highest BCUT2D eigenvalue weighted by Gasteiger charge is 2.11. The van der Waals surface area contributed by atoms with Crippen molar-refractivity contribution >= 4 is 34.0 Å².